The van der Waals surface area contributed by atoms with Crippen molar-refractivity contribution in [3.63, 3.8) is 0 Å². The fraction of sp³-hybridized carbons (Fsp3) is 0.375. The Kier molecular flexibility index (Phi) is 3.20. The zero-order valence-electron chi connectivity index (χ0n) is 13.2. The molecule has 5 nitrogen and oxygen atoms in total. The summed E-state index contributed by atoms with van der Waals surface area (Å²) in [7, 11) is 1.98. The molecule has 0 aliphatic carbocycles. The number of anilines is 1. The molecular formula is C16H21N5. The summed E-state index contributed by atoms with van der Waals surface area (Å²) in [5.74, 6) is 0.939. The molecule has 3 rings (SSSR count). The Bertz CT molecular complexity index is 796. The maximum absolute atomic E-state index is 4.49. The SMILES string of the molecule is Cc1nc2ccc(NC(C)c3c(C)nn(C)c3C)cc2[nH]1. The van der Waals surface area contributed by atoms with Crippen molar-refractivity contribution in [1.29, 1.82) is 0 Å². The number of hydrogen-bond donors (Lipinski definition) is 2. The van der Waals surface area contributed by atoms with Crippen LogP contribution in [0.5, 0.6) is 0 Å². The van der Waals surface area contributed by atoms with E-state index in [0.717, 1.165) is 28.2 Å². The lowest BCUT2D eigenvalue weighted by Gasteiger charge is -2.16. The molecule has 0 aliphatic heterocycles. The molecule has 1 unspecified atom stereocenters. The van der Waals surface area contributed by atoms with E-state index in [0.29, 0.717) is 0 Å². The third kappa shape index (κ3) is 2.39. The smallest absolute Gasteiger partial charge is 0.104 e. The van der Waals surface area contributed by atoms with Crippen LogP contribution in [0.4, 0.5) is 5.69 Å². The van der Waals surface area contributed by atoms with Crippen molar-refractivity contribution in [3.05, 3.63) is 41.0 Å². The predicted molar refractivity (Wildman–Crippen MR) is 85.6 cm³/mol. The minimum Gasteiger partial charge on any atom is -0.378 e. The van der Waals surface area contributed by atoms with Gasteiger partial charge in [-0.2, -0.15) is 5.10 Å². The first kappa shape index (κ1) is 13.7. The lowest BCUT2D eigenvalue weighted by molar-refractivity contribution is 0.728. The molecular weight excluding hydrogens is 262 g/mol. The van der Waals surface area contributed by atoms with E-state index in [2.05, 4.69) is 53.3 Å². The molecule has 0 amide bonds. The molecule has 2 heterocycles. The number of rotatable bonds is 3. The van der Waals surface area contributed by atoms with Gasteiger partial charge >= 0.3 is 0 Å². The summed E-state index contributed by atoms with van der Waals surface area (Å²) in [6.07, 6.45) is 0. The van der Waals surface area contributed by atoms with Crippen LogP contribution in [0.2, 0.25) is 0 Å². The first-order valence-corrected chi connectivity index (χ1v) is 7.18. The van der Waals surface area contributed by atoms with E-state index in [1.54, 1.807) is 0 Å². The summed E-state index contributed by atoms with van der Waals surface area (Å²) < 4.78 is 1.93. The molecule has 0 fully saturated rings. The summed E-state index contributed by atoms with van der Waals surface area (Å²) in [6, 6.07) is 6.42. The number of hydrogen-bond acceptors (Lipinski definition) is 3. The van der Waals surface area contributed by atoms with Crippen LogP contribution in [-0.2, 0) is 7.05 Å². The zero-order chi connectivity index (χ0) is 15.1. The topological polar surface area (TPSA) is 58.5 Å². The van der Waals surface area contributed by atoms with Crippen LogP contribution < -0.4 is 5.32 Å². The molecule has 3 aromatic rings. The third-order valence-corrected chi connectivity index (χ3v) is 3.98. The molecule has 0 spiro atoms. The molecule has 1 atom stereocenters. The number of fused-ring (bicyclic) bond motifs is 1. The standard InChI is InChI=1S/C16H21N5/c1-9(16-10(2)20-21(5)11(16)3)17-13-6-7-14-15(8-13)19-12(4)18-14/h6-9,17H,1-5H3,(H,18,19). The molecule has 5 heteroatoms. The Hall–Kier alpha value is -2.30. The molecule has 110 valence electrons. The second kappa shape index (κ2) is 4.91. The van der Waals surface area contributed by atoms with Crippen molar-refractivity contribution in [2.75, 3.05) is 5.32 Å². The lowest BCUT2D eigenvalue weighted by Crippen LogP contribution is -2.09. The van der Waals surface area contributed by atoms with Gasteiger partial charge in [0, 0.05) is 24.0 Å². The van der Waals surface area contributed by atoms with Crippen molar-refractivity contribution < 1.29 is 0 Å². The highest BCUT2D eigenvalue weighted by molar-refractivity contribution is 5.79. The minimum absolute atomic E-state index is 0.208. The number of H-pyrrole nitrogens is 1. The number of nitrogens with zero attached hydrogens (tertiary/aromatic N) is 3. The van der Waals surface area contributed by atoms with Gasteiger partial charge in [-0.3, -0.25) is 4.68 Å². The first-order chi connectivity index (χ1) is 9.95. The quantitative estimate of drug-likeness (QED) is 0.774. The number of benzene rings is 1. The van der Waals surface area contributed by atoms with Crippen molar-refractivity contribution >= 4 is 16.7 Å². The van der Waals surface area contributed by atoms with Crippen LogP contribution in [-0.4, -0.2) is 19.7 Å². The van der Waals surface area contributed by atoms with Gasteiger partial charge in [0.15, 0.2) is 0 Å². The highest BCUT2D eigenvalue weighted by Crippen LogP contribution is 2.26. The Labute approximate surface area is 124 Å². The number of nitrogens with one attached hydrogen (secondary N) is 2. The van der Waals surface area contributed by atoms with E-state index in [4.69, 9.17) is 0 Å². The lowest BCUT2D eigenvalue weighted by atomic mass is 10.1. The van der Waals surface area contributed by atoms with Gasteiger partial charge in [-0.25, -0.2) is 4.98 Å². The molecule has 0 radical (unpaired) electrons. The fourth-order valence-corrected chi connectivity index (χ4v) is 2.97. The molecule has 0 saturated carbocycles. The van der Waals surface area contributed by atoms with E-state index in [9.17, 15) is 0 Å². The van der Waals surface area contributed by atoms with E-state index in [-0.39, 0.29) is 6.04 Å². The van der Waals surface area contributed by atoms with E-state index in [1.165, 1.54) is 11.3 Å². The zero-order valence-corrected chi connectivity index (χ0v) is 13.2. The maximum Gasteiger partial charge on any atom is 0.104 e. The van der Waals surface area contributed by atoms with Gasteiger partial charge in [-0.05, 0) is 45.9 Å². The third-order valence-electron chi connectivity index (χ3n) is 3.98. The van der Waals surface area contributed by atoms with Crippen LogP contribution in [0.1, 0.15) is 35.7 Å². The minimum atomic E-state index is 0.208. The molecule has 0 saturated heterocycles. The second-order valence-corrected chi connectivity index (χ2v) is 5.63. The average molecular weight is 283 g/mol. The van der Waals surface area contributed by atoms with Gasteiger partial charge < -0.3 is 10.3 Å². The van der Waals surface area contributed by atoms with E-state index < -0.39 is 0 Å². The first-order valence-electron chi connectivity index (χ1n) is 7.18. The summed E-state index contributed by atoms with van der Waals surface area (Å²) in [6.45, 7) is 8.30. The largest absolute Gasteiger partial charge is 0.378 e. The van der Waals surface area contributed by atoms with E-state index >= 15 is 0 Å². The maximum atomic E-state index is 4.49. The Morgan fingerprint density at radius 3 is 2.67 bits per heavy atom. The number of aromatic nitrogens is 4. The molecule has 2 N–H and O–H groups in total. The van der Waals surface area contributed by atoms with Gasteiger partial charge in [0.2, 0.25) is 0 Å². The monoisotopic (exact) mass is 283 g/mol. The van der Waals surface area contributed by atoms with Gasteiger partial charge in [0.05, 0.1) is 22.8 Å². The summed E-state index contributed by atoms with van der Waals surface area (Å²) >= 11 is 0. The summed E-state index contributed by atoms with van der Waals surface area (Å²) in [5, 5.41) is 8.04. The van der Waals surface area contributed by atoms with E-state index in [1.807, 2.05) is 24.7 Å². The van der Waals surface area contributed by atoms with Gasteiger partial charge in [-0.15, -0.1) is 0 Å². The van der Waals surface area contributed by atoms with Crippen LogP contribution in [0.25, 0.3) is 11.0 Å². The van der Waals surface area contributed by atoms with Crippen LogP contribution in [0.3, 0.4) is 0 Å². The van der Waals surface area contributed by atoms with Crippen LogP contribution in [0, 0.1) is 20.8 Å². The fourth-order valence-electron chi connectivity index (χ4n) is 2.97. The second-order valence-electron chi connectivity index (χ2n) is 5.63. The van der Waals surface area contributed by atoms with Crippen LogP contribution in [0.15, 0.2) is 18.2 Å². The van der Waals surface area contributed by atoms with Gasteiger partial charge in [0.25, 0.3) is 0 Å². The summed E-state index contributed by atoms with van der Waals surface area (Å²) in [4.78, 5) is 7.70. The van der Waals surface area contributed by atoms with Crippen molar-refractivity contribution in [3.8, 4) is 0 Å². The van der Waals surface area contributed by atoms with Crippen molar-refractivity contribution in [1.82, 2.24) is 19.7 Å². The molecule has 2 aromatic heterocycles. The highest BCUT2D eigenvalue weighted by atomic mass is 15.3. The number of aromatic amines is 1. The molecule has 0 bridgehead atoms. The Morgan fingerprint density at radius 2 is 2.00 bits per heavy atom. The summed E-state index contributed by atoms with van der Waals surface area (Å²) in [5.41, 5.74) is 6.68. The van der Waals surface area contributed by atoms with Crippen LogP contribution >= 0.6 is 0 Å². The molecule has 21 heavy (non-hydrogen) atoms. The van der Waals surface area contributed by atoms with Gasteiger partial charge in [-0.1, -0.05) is 0 Å². The average Bonchev–Trinajstić information content (AvgIpc) is 2.88. The number of imidazole rings is 1. The molecule has 0 aliphatic rings. The van der Waals surface area contributed by atoms with Gasteiger partial charge in [0.1, 0.15) is 5.82 Å². The predicted octanol–water partition coefficient (Wildman–Crippen LogP) is 3.39. The van der Waals surface area contributed by atoms with Crippen molar-refractivity contribution in [2.45, 2.75) is 33.7 Å². The number of aryl methyl sites for hydroxylation is 3. The Morgan fingerprint density at radius 1 is 1.24 bits per heavy atom. The van der Waals surface area contributed by atoms with Crippen molar-refractivity contribution in [2.24, 2.45) is 7.05 Å². The Balaban J connectivity index is 1.90. The normalized spacial score (nSPS) is 12.8. The highest BCUT2D eigenvalue weighted by Gasteiger charge is 2.16. The molecule has 1 aromatic carbocycles.